The number of hydrogen-bond donors (Lipinski definition) is 2. The van der Waals surface area contributed by atoms with Crippen molar-refractivity contribution in [2.75, 3.05) is 30.4 Å². The molecule has 9 heteroatoms. The molecule has 1 heterocycles. The van der Waals surface area contributed by atoms with Crippen LogP contribution in [0.5, 0.6) is 0 Å². The smallest absolute Gasteiger partial charge is 0.244 e. The Bertz CT molecular complexity index is 598. The van der Waals surface area contributed by atoms with E-state index in [0.29, 0.717) is 18.0 Å². The molecule has 0 saturated heterocycles. The van der Waals surface area contributed by atoms with Gasteiger partial charge in [0.05, 0.1) is 5.75 Å². The second-order valence-corrected chi connectivity index (χ2v) is 7.58. The number of sulfone groups is 1. The molecule has 0 aliphatic heterocycles. The van der Waals surface area contributed by atoms with Crippen molar-refractivity contribution in [3.63, 3.8) is 0 Å². The lowest BCUT2D eigenvalue weighted by atomic mass is 10.3. The van der Waals surface area contributed by atoms with Gasteiger partial charge in [-0.2, -0.15) is 4.37 Å². The summed E-state index contributed by atoms with van der Waals surface area (Å²) in [6.45, 7) is 5.91. The van der Waals surface area contributed by atoms with Gasteiger partial charge in [0.1, 0.15) is 15.9 Å². The summed E-state index contributed by atoms with van der Waals surface area (Å²) in [4.78, 5) is 13.6. The Kier molecular flexibility index (Phi) is 5.97. The fourth-order valence-corrected chi connectivity index (χ4v) is 4.50. The molecule has 1 aromatic rings. The number of nitrogens with zero attached hydrogens (tertiary/aromatic N) is 2. The average Bonchev–Trinajstić information content (AvgIpc) is 2.78. The third kappa shape index (κ3) is 4.07. The first-order valence-electron chi connectivity index (χ1n) is 6.74. The van der Waals surface area contributed by atoms with Gasteiger partial charge < -0.3 is 16.0 Å². The molecule has 1 atom stereocenters. The highest BCUT2D eigenvalue weighted by Gasteiger charge is 2.27. The molecule has 0 bridgehead atoms. The third-order valence-corrected chi connectivity index (χ3v) is 5.93. The molecule has 7 nitrogen and oxygen atoms in total. The summed E-state index contributed by atoms with van der Waals surface area (Å²) in [6.07, 6.45) is 0.490. The lowest BCUT2D eigenvalue weighted by Gasteiger charge is -2.21. The van der Waals surface area contributed by atoms with Crippen molar-refractivity contribution in [1.29, 1.82) is 0 Å². The summed E-state index contributed by atoms with van der Waals surface area (Å²) >= 11 is 0.958. The van der Waals surface area contributed by atoms with Gasteiger partial charge in [0, 0.05) is 13.6 Å². The van der Waals surface area contributed by atoms with Crippen molar-refractivity contribution >= 4 is 38.1 Å². The maximum Gasteiger partial charge on any atom is 0.244 e. The summed E-state index contributed by atoms with van der Waals surface area (Å²) in [5.74, 6) is -0.135. The zero-order chi connectivity index (χ0) is 16.2. The first kappa shape index (κ1) is 17.7. The zero-order valence-corrected chi connectivity index (χ0v) is 14.3. The van der Waals surface area contributed by atoms with Crippen LogP contribution in [-0.4, -0.2) is 49.0 Å². The van der Waals surface area contributed by atoms with Crippen LogP contribution in [0.15, 0.2) is 4.90 Å². The predicted molar refractivity (Wildman–Crippen MR) is 85.3 cm³/mol. The van der Waals surface area contributed by atoms with Crippen LogP contribution in [0.2, 0.25) is 0 Å². The Hall–Kier alpha value is -1.35. The Balaban J connectivity index is 3.04. The van der Waals surface area contributed by atoms with Crippen LogP contribution in [0.4, 0.5) is 10.8 Å². The highest BCUT2D eigenvalue weighted by Crippen LogP contribution is 2.33. The SMILES string of the molecule is CCCS(=O)(=O)c1c(N)nsc1NC(C)C(=O)N(C)CC. The van der Waals surface area contributed by atoms with Crippen LogP contribution in [0.3, 0.4) is 0 Å². The molecule has 0 aliphatic carbocycles. The summed E-state index contributed by atoms with van der Waals surface area (Å²) in [6, 6.07) is -0.551. The standard InChI is InChI=1S/C12H22N4O3S2/c1-5-7-21(18,19)9-10(13)15-20-11(9)14-8(3)12(17)16(4)6-2/h8,14H,5-7H2,1-4H3,(H2,13,15). The minimum atomic E-state index is -3.49. The van der Waals surface area contributed by atoms with Crippen LogP contribution >= 0.6 is 11.5 Å². The molecule has 1 unspecified atom stereocenters. The Labute approximate surface area is 129 Å². The zero-order valence-electron chi connectivity index (χ0n) is 12.7. The van der Waals surface area contributed by atoms with E-state index in [4.69, 9.17) is 5.73 Å². The Morgan fingerprint density at radius 2 is 2.10 bits per heavy atom. The molecule has 0 spiro atoms. The van der Waals surface area contributed by atoms with Crippen LogP contribution in [-0.2, 0) is 14.6 Å². The molecule has 1 amide bonds. The van der Waals surface area contributed by atoms with Gasteiger partial charge in [-0.25, -0.2) is 8.42 Å². The third-order valence-electron chi connectivity index (χ3n) is 3.03. The number of aromatic nitrogens is 1. The van der Waals surface area contributed by atoms with Gasteiger partial charge in [0.2, 0.25) is 5.91 Å². The largest absolute Gasteiger partial charge is 0.382 e. The molecule has 0 aromatic carbocycles. The molecular formula is C12H22N4O3S2. The lowest BCUT2D eigenvalue weighted by Crippen LogP contribution is -2.38. The highest BCUT2D eigenvalue weighted by atomic mass is 32.2. The second-order valence-electron chi connectivity index (χ2n) is 4.76. The Morgan fingerprint density at radius 1 is 1.48 bits per heavy atom. The van der Waals surface area contributed by atoms with E-state index in [9.17, 15) is 13.2 Å². The lowest BCUT2D eigenvalue weighted by molar-refractivity contribution is -0.130. The number of amides is 1. The fourth-order valence-electron chi connectivity index (χ4n) is 1.80. The van der Waals surface area contributed by atoms with E-state index >= 15 is 0 Å². The molecule has 21 heavy (non-hydrogen) atoms. The molecule has 1 aromatic heterocycles. The maximum absolute atomic E-state index is 12.2. The van der Waals surface area contributed by atoms with Gasteiger partial charge in [-0.15, -0.1) is 0 Å². The summed E-state index contributed by atoms with van der Waals surface area (Å²) in [7, 11) is -1.80. The maximum atomic E-state index is 12.2. The van der Waals surface area contributed by atoms with E-state index in [1.54, 1.807) is 25.8 Å². The van der Waals surface area contributed by atoms with Gasteiger partial charge in [-0.3, -0.25) is 4.79 Å². The average molecular weight is 334 g/mol. The van der Waals surface area contributed by atoms with Gasteiger partial charge >= 0.3 is 0 Å². The monoisotopic (exact) mass is 334 g/mol. The van der Waals surface area contributed by atoms with Crippen molar-refractivity contribution in [3.05, 3.63) is 0 Å². The van der Waals surface area contributed by atoms with Gasteiger partial charge in [-0.05, 0) is 31.8 Å². The number of anilines is 2. The summed E-state index contributed by atoms with van der Waals surface area (Å²) in [5.41, 5.74) is 5.68. The first-order chi connectivity index (χ1) is 9.74. The van der Waals surface area contributed by atoms with Crippen LogP contribution in [0.1, 0.15) is 27.2 Å². The van der Waals surface area contributed by atoms with E-state index in [2.05, 4.69) is 9.69 Å². The van der Waals surface area contributed by atoms with Crippen molar-refractivity contribution in [3.8, 4) is 0 Å². The summed E-state index contributed by atoms with van der Waals surface area (Å²) in [5, 5.41) is 3.24. The second kappa shape index (κ2) is 7.08. The van der Waals surface area contributed by atoms with Gasteiger partial charge in [0.15, 0.2) is 15.7 Å². The fraction of sp³-hybridized carbons (Fsp3) is 0.667. The van der Waals surface area contributed by atoms with E-state index in [1.807, 2.05) is 6.92 Å². The molecule has 3 N–H and O–H groups in total. The van der Waals surface area contributed by atoms with Crippen LogP contribution in [0, 0.1) is 0 Å². The molecule has 0 radical (unpaired) electrons. The highest BCUT2D eigenvalue weighted by molar-refractivity contribution is 7.91. The number of carbonyl (C=O) groups excluding carboxylic acids is 1. The van der Waals surface area contributed by atoms with Crippen LogP contribution < -0.4 is 11.1 Å². The normalized spacial score (nSPS) is 13.0. The number of nitrogen functional groups attached to an aromatic ring is 1. The number of rotatable bonds is 7. The van der Waals surface area contributed by atoms with E-state index in [0.717, 1.165) is 11.5 Å². The predicted octanol–water partition coefficient (Wildman–Crippen LogP) is 1.19. The molecule has 1 rings (SSSR count). The van der Waals surface area contributed by atoms with E-state index < -0.39 is 15.9 Å². The summed E-state index contributed by atoms with van der Waals surface area (Å²) < 4.78 is 28.4. The van der Waals surface area contributed by atoms with Crippen molar-refractivity contribution in [2.45, 2.75) is 38.1 Å². The minimum Gasteiger partial charge on any atom is -0.382 e. The van der Waals surface area contributed by atoms with Gasteiger partial charge in [-0.1, -0.05) is 6.92 Å². The molecular weight excluding hydrogens is 312 g/mol. The molecule has 120 valence electrons. The molecule has 0 fully saturated rings. The minimum absolute atomic E-state index is 0.00147. The van der Waals surface area contributed by atoms with Crippen LogP contribution in [0.25, 0.3) is 0 Å². The number of carbonyl (C=O) groups is 1. The van der Waals surface area contributed by atoms with E-state index in [1.165, 1.54) is 0 Å². The first-order valence-corrected chi connectivity index (χ1v) is 9.16. The molecule has 0 aliphatic rings. The number of likely N-dealkylation sites (N-methyl/N-ethyl adjacent to an activating group) is 1. The number of nitrogens with one attached hydrogen (secondary N) is 1. The van der Waals surface area contributed by atoms with Crippen molar-refractivity contribution in [1.82, 2.24) is 9.27 Å². The van der Waals surface area contributed by atoms with E-state index in [-0.39, 0.29) is 22.4 Å². The van der Waals surface area contributed by atoms with Crippen molar-refractivity contribution < 1.29 is 13.2 Å². The topological polar surface area (TPSA) is 105 Å². The van der Waals surface area contributed by atoms with Crippen molar-refractivity contribution in [2.24, 2.45) is 0 Å². The quantitative estimate of drug-likeness (QED) is 0.776. The number of hydrogen-bond acceptors (Lipinski definition) is 7. The molecule has 0 saturated carbocycles. The number of nitrogens with two attached hydrogens (primary N) is 1. The Morgan fingerprint density at radius 3 is 2.62 bits per heavy atom. The van der Waals surface area contributed by atoms with Gasteiger partial charge in [0.25, 0.3) is 0 Å².